The molecule has 2 saturated carbocycles. The Bertz CT molecular complexity index is 195. The number of rotatable bonds is 4. The van der Waals surface area contributed by atoms with E-state index in [1.165, 1.54) is 19.3 Å². The summed E-state index contributed by atoms with van der Waals surface area (Å²) in [6.45, 7) is 0.687. The van der Waals surface area contributed by atoms with E-state index >= 15 is 0 Å². The van der Waals surface area contributed by atoms with Gasteiger partial charge in [0.2, 0.25) is 0 Å². The lowest BCUT2D eigenvalue weighted by atomic mass is 9.92. The lowest BCUT2D eigenvalue weighted by Gasteiger charge is -2.27. The molecule has 2 aliphatic carbocycles. The molecule has 2 rings (SSSR count). The molecule has 2 aliphatic rings. The van der Waals surface area contributed by atoms with E-state index in [1.807, 2.05) is 0 Å². The zero-order valence-corrected chi connectivity index (χ0v) is 7.18. The van der Waals surface area contributed by atoms with Crippen molar-refractivity contribution >= 4 is 5.97 Å². The highest BCUT2D eigenvalue weighted by atomic mass is 16.4. The fourth-order valence-corrected chi connectivity index (χ4v) is 1.57. The highest BCUT2D eigenvalue weighted by Crippen LogP contribution is 2.45. The van der Waals surface area contributed by atoms with Gasteiger partial charge in [0.05, 0.1) is 5.41 Å². The zero-order valence-electron chi connectivity index (χ0n) is 7.18. The van der Waals surface area contributed by atoms with Crippen molar-refractivity contribution in [1.29, 1.82) is 0 Å². The molecule has 0 aromatic carbocycles. The van der Waals surface area contributed by atoms with Crippen molar-refractivity contribution < 1.29 is 9.90 Å². The third-order valence-corrected chi connectivity index (χ3v) is 3.14. The molecule has 12 heavy (non-hydrogen) atoms. The molecule has 0 heterocycles. The van der Waals surface area contributed by atoms with Crippen molar-refractivity contribution in [3.05, 3.63) is 0 Å². The highest BCUT2D eigenvalue weighted by molar-refractivity contribution is 5.78. The third kappa shape index (κ3) is 1.33. The van der Waals surface area contributed by atoms with Crippen LogP contribution in [-0.2, 0) is 4.79 Å². The van der Waals surface area contributed by atoms with Gasteiger partial charge in [-0.3, -0.25) is 4.79 Å². The third-order valence-electron chi connectivity index (χ3n) is 3.14. The number of hydrogen-bond donors (Lipinski definition) is 2. The molecule has 0 bridgehead atoms. The van der Waals surface area contributed by atoms with Crippen molar-refractivity contribution in [1.82, 2.24) is 5.32 Å². The van der Waals surface area contributed by atoms with Gasteiger partial charge in [0.1, 0.15) is 0 Å². The van der Waals surface area contributed by atoms with Crippen molar-refractivity contribution in [3.8, 4) is 0 Å². The summed E-state index contributed by atoms with van der Waals surface area (Å²) >= 11 is 0. The zero-order chi connectivity index (χ0) is 8.60. The van der Waals surface area contributed by atoms with E-state index in [9.17, 15) is 4.79 Å². The summed E-state index contributed by atoms with van der Waals surface area (Å²) in [5, 5.41) is 12.2. The SMILES string of the molecule is O=C(O)C1(CNC2CCC2)CC1. The average molecular weight is 169 g/mol. The minimum atomic E-state index is -0.616. The maximum Gasteiger partial charge on any atom is 0.310 e. The van der Waals surface area contributed by atoms with E-state index in [2.05, 4.69) is 5.32 Å². The van der Waals surface area contributed by atoms with E-state index in [0.717, 1.165) is 12.8 Å². The molecule has 2 fully saturated rings. The second-order valence-corrected chi connectivity index (χ2v) is 4.09. The quantitative estimate of drug-likeness (QED) is 0.660. The average Bonchev–Trinajstić information content (AvgIpc) is 2.65. The topological polar surface area (TPSA) is 49.3 Å². The van der Waals surface area contributed by atoms with E-state index in [1.54, 1.807) is 0 Å². The summed E-state index contributed by atoms with van der Waals surface area (Å²) in [5.41, 5.74) is -0.379. The molecule has 3 heteroatoms. The lowest BCUT2D eigenvalue weighted by Crippen LogP contribution is -2.40. The van der Waals surface area contributed by atoms with Crippen LogP contribution in [0.15, 0.2) is 0 Å². The van der Waals surface area contributed by atoms with Crippen LogP contribution >= 0.6 is 0 Å². The van der Waals surface area contributed by atoms with Crippen molar-refractivity contribution in [3.63, 3.8) is 0 Å². The molecule has 0 amide bonds. The Morgan fingerprint density at radius 1 is 1.50 bits per heavy atom. The molecule has 0 spiro atoms. The molecule has 2 N–H and O–H groups in total. The molecular formula is C9H15NO2. The van der Waals surface area contributed by atoms with E-state index in [-0.39, 0.29) is 5.41 Å². The van der Waals surface area contributed by atoms with Crippen molar-refractivity contribution in [2.45, 2.75) is 38.1 Å². The van der Waals surface area contributed by atoms with Gasteiger partial charge in [-0.1, -0.05) is 6.42 Å². The van der Waals surface area contributed by atoms with Crippen LogP contribution in [0.25, 0.3) is 0 Å². The first-order valence-corrected chi connectivity index (χ1v) is 4.70. The Balaban J connectivity index is 1.74. The first-order chi connectivity index (χ1) is 5.73. The number of carboxylic acid groups (broad SMARTS) is 1. The summed E-state index contributed by atoms with van der Waals surface area (Å²) < 4.78 is 0. The van der Waals surface area contributed by atoms with E-state index < -0.39 is 5.97 Å². The Morgan fingerprint density at radius 2 is 2.17 bits per heavy atom. The largest absolute Gasteiger partial charge is 0.481 e. The molecule has 0 saturated heterocycles. The molecule has 0 radical (unpaired) electrons. The molecular weight excluding hydrogens is 154 g/mol. The minimum absolute atomic E-state index is 0.379. The van der Waals surface area contributed by atoms with Gasteiger partial charge >= 0.3 is 5.97 Å². The lowest BCUT2D eigenvalue weighted by molar-refractivity contribution is -0.143. The first kappa shape index (κ1) is 8.05. The fraction of sp³-hybridized carbons (Fsp3) is 0.889. The molecule has 0 unspecified atom stereocenters. The molecule has 0 atom stereocenters. The summed E-state index contributed by atoms with van der Waals surface area (Å²) in [4.78, 5) is 10.8. The second kappa shape index (κ2) is 2.73. The van der Waals surface area contributed by atoms with Crippen LogP contribution in [0.1, 0.15) is 32.1 Å². The summed E-state index contributed by atoms with van der Waals surface area (Å²) in [5.74, 6) is -0.616. The van der Waals surface area contributed by atoms with Gasteiger partial charge in [-0.05, 0) is 25.7 Å². The van der Waals surface area contributed by atoms with Crippen LogP contribution in [0.4, 0.5) is 0 Å². The van der Waals surface area contributed by atoms with E-state index in [4.69, 9.17) is 5.11 Å². The summed E-state index contributed by atoms with van der Waals surface area (Å²) in [7, 11) is 0. The molecule has 0 aromatic heterocycles. The monoisotopic (exact) mass is 169 g/mol. The van der Waals surface area contributed by atoms with Gasteiger partial charge in [0.15, 0.2) is 0 Å². The molecule has 3 nitrogen and oxygen atoms in total. The minimum Gasteiger partial charge on any atom is -0.481 e. The maximum absolute atomic E-state index is 10.8. The first-order valence-electron chi connectivity index (χ1n) is 4.70. The van der Waals surface area contributed by atoms with Crippen LogP contribution in [0.2, 0.25) is 0 Å². The van der Waals surface area contributed by atoms with E-state index in [0.29, 0.717) is 12.6 Å². The van der Waals surface area contributed by atoms with Crippen LogP contribution in [0.3, 0.4) is 0 Å². The van der Waals surface area contributed by atoms with Crippen LogP contribution in [-0.4, -0.2) is 23.7 Å². The second-order valence-electron chi connectivity index (χ2n) is 4.09. The maximum atomic E-state index is 10.8. The molecule has 0 aliphatic heterocycles. The number of carbonyl (C=O) groups is 1. The number of aliphatic carboxylic acids is 1. The number of hydrogen-bond acceptors (Lipinski definition) is 2. The summed E-state index contributed by atoms with van der Waals surface area (Å²) in [6, 6.07) is 0.613. The Labute approximate surface area is 72.2 Å². The fourth-order valence-electron chi connectivity index (χ4n) is 1.57. The molecule has 0 aromatic rings. The molecule has 68 valence electrons. The predicted molar refractivity (Wildman–Crippen MR) is 44.9 cm³/mol. The van der Waals surface area contributed by atoms with Gasteiger partial charge in [-0.2, -0.15) is 0 Å². The normalized spacial score (nSPS) is 26.3. The van der Waals surface area contributed by atoms with Gasteiger partial charge < -0.3 is 10.4 Å². The predicted octanol–water partition coefficient (Wildman–Crippen LogP) is 0.993. The van der Waals surface area contributed by atoms with Gasteiger partial charge in [-0.15, -0.1) is 0 Å². The number of carboxylic acids is 1. The van der Waals surface area contributed by atoms with Gasteiger partial charge in [-0.25, -0.2) is 0 Å². The number of nitrogens with one attached hydrogen (secondary N) is 1. The Hall–Kier alpha value is -0.570. The standard InChI is InChI=1S/C9H15NO2/c11-8(12)9(4-5-9)6-10-7-2-1-3-7/h7,10H,1-6H2,(H,11,12). The Kier molecular flexibility index (Phi) is 1.83. The van der Waals surface area contributed by atoms with Gasteiger partial charge in [0.25, 0.3) is 0 Å². The highest BCUT2D eigenvalue weighted by Gasteiger charge is 2.50. The van der Waals surface area contributed by atoms with Crippen LogP contribution < -0.4 is 5.32 Å². The van der Waals surface area contributed by atoms with Crippen molar-refractivity contribution in [2.75, 3.05) is 6.54 Å². The van der Waals surface area contributed by atoms with Gasteiger partial charge in [0, 0.05) is 12.6 Å². The Morgan fingerprint density at radius 3 is 2.50 bits per heavy atom. The smallest absolute Gasteiger partial charge is 0.310 e. The van der Waals surface area contributed by atoms with Crippen molar-refractivity contribution in [2.24, 2.45) is 5.41 Å². The van der Waals surface area contributed by atoms with Crippen LogP contribution in [0, 0.1) is 5.41 Å². The van der Waals surface area contributed by atoms with Crippen LogP contribution in [0.5, 0.6) is 0 Å². The summed E-state index contributed by atoms with van der Waals surface area (Å²) in [6.07, 6.45) is 5.49.